The first kappa shape index (κ1) is 10.0. The molecule has 4 nitrogen and oxygen atoms in total. The molecule has 0 spiro atoms. The molecular weight excluding hydrogens is 170 g/mol. The number of amides is 1. The standard InChI is InChI=1S/C9H15NO3/c1-9(2)5-6(8(13)10-9)3-4-7(11)12/h6H,3-5H2,1-2H3,(H,10,13)(H,11,12)/t6-/m1/s1. The van der Waals surface area contributed by atoms with Gasteiger partial charge < -0.3 is 10.4 Å². The van der Waals surface area contributed by atoms with Gasteiger partial charge in [-0.25, -0.2) is 0 Å². The van der Waals surface area contributed by atoms with Gasteiger partial charge in [0.25, 0.3) is 0 Å². The number of hydrogen-bond donors (Lipinski definition) is 2. The van der Waals surface area contributed by atoms with Crippen molar-refractivity contribution in [3.8, 4) is 0 Å². The molecule has 0 aliphatic carbocycles. The fourth-order valence-electron chi connectivity index (χ4n) is 1.73. The molecule has 13 heavy (non-hydrogen) atoms. The van der Waals surface area contributed by atoms with Crippen molar-refractivity contribution in [2.45, 2.75) is 38.6 Å². The van der Waals surface area contributed by atoms with Crippen LogP contribution in [0.2, 0.25) is 0 Å². The second-order valence-corrected chi connectivity index (χ2v) is 4.21. The maximum atomic E-state index is 11.3. The molecular formula is C9H15NO3. The van der Waals surface area contributed by atoms with Gasteiger partial charge in [-0.05, 0) is 26.7 Å². The summed E-state index contributed by atoms with van der Waals surface area (Å²) >= 11 is 0. The molecule has 74 valence electrons. The lowest BCUT2D eigenvalue weighted by molar-refractivity contribution is -0.137. The van der Waals surface area contributed by atoms with E-state index in [4.69, 9.17) is 5.11 Å². The number of rotatable bonds is 3. The van der Waals surface area contributed by atoms with Gasteiger partial charge in [-0.15, -0.1) is 0 Å². The van der Waals surface area contributed by atoms with Crippen molar-refractivity contribution in [2.75, 3.05) is 0 Å². The van der Waals surface area contributed by atoms with Crippen LogP contribution in [-0.4, -0.2) is 22.5 Å². The van der Waals surface area contributed by atoms with Gasteiger partial charge in [0.15, 0.2) is 0 Å². The van der Waals surface area contributed by atoms with Crippen molar-refractivity contribution in [1.29, 1.82) is 0 Å². The van der Waals surface area contributed by atoms with E-state index >= 15 is 0 Å². The lowest BCUT2D eigenvalue weighted by Gasteiger charge is -2.16. The molecule has 1 amide bonds. The zero-order valence-corrected chi connectivity index (χ0v) is 7.96. The van der Waals surface area contributed by atoms with Gasteiger partial charge in [-0.1, -0.05) is 0 Å². The van der Waals surface area contributed by atoms with Crippen LogP contribution in [0.3, 0.4) is 0 Å². The highest BCUT2D eigenvalue weighted by Gasteiger charge is 2.36. The fourth-order valence-corrected chi connectivity index (χ4v) is 1.73. The van der Waals surface area contributed by atoms with E-state index in [0.717, 1.165) is 6.42 Å². The van der Waals surface area contributed by atoms with Crippen molar-refractivity contribution < 1.29 is 14.7 Å². The summed E-state index contributed by atoms with van der Waals surface area (Å²) in [7, 11) is 0. The van der Waals surface area contributed by atoms with E-state index in [9.17, 15) is 9.59 Å². The van der Waals surface area contributed by atoms with Crippen LogP contribution in [0.4, 0.5) is 0 Å². The molecule has 2 N–H and O–H groups in total. The Hall–Kier alpha value is -1.06. The van der Waals surface area contributed by atoms with Gasteiger partial charge in [0.1, 0.15) is 0 Å². The van der Waals surface area contributed by atoms with Crippen LogP contribution >= 0.6 is 0 Å². The van der Waals surface area contributed by atoms with E-state index in [1.54, 1.807) is 0 Å². The molecule has 1 rings (SSSR count). The van der Waals surface area contributed by atoms with Gasteiger partial charge in [-0.2, -0.15) is 0 Å². The number of carboxylic acids is 1. The summed E-state index contributed by atoms with van der Waals surface area (Å²) < 4.78 is 0. The molecule has 0 aromatic heterocycles. The number of carbonyl (C=O) groups is 2. The third-order valence-corrected chi connectivity index (χ3v) is 2.30. The quantitative estimate of drug-likeness (QED) is 0.682. The zero-order valence-electron chi connectivity index (χ0n) is 7.96. The summed E-state index contributed by atoms with van der Waals surface area (Å²) in [6.45, 7) is 3.90. The van der Waals surface area contributed by atoms with Crippen LogP contribution in [-0.2, 0) is 9.59 Å². The predicted octanol–water partition coefficient (Wildman–Crippen LogP) is 0.766. The van der Waals surface area contributed by atoms with E-state index in [0.29, 0.717) is 6.42 Å². The van der Waals surface area contributed by atoms with E-state index in [1.807, 2.05) is 13.8 Å². The minimum Gasteiger partial charge on any atom is -0.481 e. The molecule has 1 atom stereocenters. The summed E-state index contributed by atoms with van der Waals surface area (Å²) in [6, 6.07) is 0. The summed E-state index contributed by atoms with van der Waals surface area (Å²) in [5.41, 5.74) is -0.166. The van der Waals surface area contributed by atoms with Gasteiger partial charge in [0, 0.05) is 17.9 Å². The smallest absolute Gasteiger partial charge is 0.303 e. The second kappa shape index (κ2) is 3.36. The molecule has 0 saturated carbocycles. The molecule has 4 heteroatoms. The fraction of sp³-hybridized carbons (Fsp3) is 0.778. The minimum atomic E-state index is -0.836. The van der Waals surface area contributed by atoms with Gasteiger partial charge in [0.2, 0.25) is 5.91 Å². The zero-order chi connectivity index (χ0) is 10.1. The van der Waals surface area contributed by atoms with E-state index < -0.39 is 5.97 Å². The van der Waals surface area contributed by atoms with Crippen LogP contribution in [0.5, 0.6) is 0 Å². The number of carboxylic acid groups (broad SMARTS) is 1. The van der Waals surface area contributed by atoms with Crippen LogP contribution in [0, 0.1) is 5.92 Å². The lowest BCUT2D eigenvalue weighted by atomic mass is 9.93. The molecule has 0 aromatic rings. The van der Waals surface area contributed by atoms with Crippen LogP contribution in [0.1, 0.15) is 33.1 Å². The first-order valence-corrected chi connectivity index (χ1v) is 4.44. The van der Waals surface area contributed by atoms with Crippen molar-refractivity contribution >= 4 is 11.9 Å². The second-order valence-electron chi connectivity index (χ2n) is 4.21. The van der Waals surface area contributed by atoms with E-state index in [2.05, 4.69) is 5.32 Å². The van der Waals surface area contributed by atoms with Crippen LogP contribution in [0.15, 0.2) is 0 Å². The number of carbonyl (C=O) groups excluding carboxylic acids is 1. The number of aliphatic carboxylic acids is 1. The summed E-state index contributed by atoms with van der Waals surface area (Å²) in [5.74, 6) is -0.963. The van der Waals surface area contributed by atoms with Gasteiger partial charge in [-0.3, -0.25) is 9.59 Å². The highest BCUT2D eigenvalue weighted by molar-refractivity contribution is 5.82. The third kappa shape index (κ3) is 2.72. The Balaban J connectivity index is 2.44. The van der Waals surface area contributed by atoms with Crippen molar-refractivity contribution in [3.63, 3.8) is 0 Å². The van der Waals surface area contributed by atoms with Crippen LogP contribution < -0.4 is 5.32 Å². The Morgan fingerprint density at radius 2 is 2.31 bits per heavy atom. The summed E-state index contributed by atoms with van der Waals surface area (Å²) in [4.78, 5) is 21.6. The largest absolute Gasteiger partial charge is 0.481 e. The normalized spacial score (nSPS) is 25.7. The van der Waals surface area contributed by atoms with Crippen LogP contribution in [0.25, 0.3) is 0 Å². The average molecular weight is 185 g/mol. The highest BCUT2D eigenvalue weighted by Crippen LogP contribution is 2.27. The molecule has 1 aliphatic rings. The number of hydrogen-bond acceptors (Lipinski definition) is 2. The van der Waals surface area contributed by atoms with Crippen molar-refractivity contribution in [1.82, 2.24) is 5.32 Å². The molecule has 0 bridgehead atoms. The maximum absolute atomic E-state index is 11.3. The molecule has 0 unspecified atom stereocenters. The van der Waals surface area contributed by atoms with Crippen molar-refractivity contribution in [2.24, 2.45) is 5.92 Å². The van der Waals surface area contributed by atoms with E-state index in [-0.39, 0.29) is 23.8 Å². The monoisotopic (exact) mass is 185 g/mol. The molecule has 1 aliphatic heterocycles. The summed E-state index contributed by atoms with van der Waals surface area (Å²) in [5, 5.41) is 11.3. The Kier molecular flexibility index (Phi) is 2.59. The van der Waals surface area contributed by atoms with E-state index in [1.165, 1.54) is 0 Å². The third-order valence-electron chi connectivity index (χ3n) is 2.30. The number of nitrogens with one attached hydrogen (secondary N) is 1. The van der Waals surface area contributed by atoms with Gasteiger partial charge in [0.05, 0.1) is 0 Å². The Bertz CT molecular complexity index is 235. The Morgan fingerprint density at radius 1 is 1.69 bits per heavy atom. The minimum absolute atomic E-state index is 0.00810. The molecule has 1 saturated heterocycles. The van der Waals surface area contributed by atoms with Crippen molar-refractivity contribution in [3.05, 3.63) is 0 Å². The molecule has 0 radical (unpaired) electrons. The highest BCUT2D eigenvalue weighted by atomic mass is 16.4. The predicted molar refractivity (Wildman–Crippen MR) is 47.2 cm³/mol. The Labute approximate surface area is 77.3 Å². The molecule has 0 aromatic carbocycles. The first-order chi connectivity index (χ1) is 5.91. The Morgan fingerprint density at radius 3 is 2.69 bits per heavy atom. The lowest BCUT2D eigenvalue weighted by Crippen LogP contribution is -2.34. The maximum Gasteiger partial charge on any atom is 0.303 e. The topological polar surface area (TPSA) is 66.4 Å². The average Bonchev–Trinajstić information content (AvgIpc) is 2.20. The summed E-state index contributed by atoms with van der Waals surface area (Å²) in [6.07, 6.45) is 1.26. The molecule has 1 heterocycles. The van der Waals surface area contributed by atoms with Gasteiger partial charge >= 0.3 is 5.97 Å². The first-order valence-electron chi connectivity index (χ1n) is 4.44. The SMILES string of the molecule is CC1(C)C[C@@H](CCC(=O)O)C(=O)N1. The molecule has 1 fully saturated rings.